The minimum Gasteiger partial charge on any atom is -0.253 e. The van der Waals surface area contributed by atoms with E-state index in [1.807, 2.05) is 0 Å². The Morgan fingerprint density at radius 2 is 1.75 bits per heavy atom. The summed E-state index contributed by atoms with van der Waals surface area (Å²) < 4.78 is 0. The smallest absolute Gasteiger partial charge is 0.0705 e. The molecule has 0 aliphatic rings. The molecular formula is C15H17N. The monoisotopic (exact) mass is 211 g/mol. The zero-order valence-electron chi connectivity index (χ0n) is 9.90. The van der Waals surface area contributed by atoms with Gasteiger partial charge in [-0.3, -0.25) is 4.98 Å². The molecule has 0 spiro atoms. The topological polar surface area (TPSA) is 12.9 Å². The second kappa shape index (κ2) is 4.93. The Hall–Kier alpha value is -1.63. The SMILES string of the molecule is CCc1cccc(-c2cccc(CC)n2)c1. The van der Waals surface area contributed by atoms with Crippen molar-refractivity contribution in [2.45, 2.75) is 26.7 Å². The normalized spacial score (nSPS) is 10.4. The van der Waals surface area contributed by atoms with Gasteiger partial charge in [0.2, 0.25) is 0 Å². The summed E-state index contributed by atoms with van der Waals surface area (Å²) in [7, 11) is 0. The van der Waals surface area contributed by atoms with Crippen molar-refractivity contribution in [3.8, 4) is 11.3 Å². The molecule has 0 atom stereocenters. The summed E-state index contributed by atoms with van der Waals surface area (Å²) in [6, 6.07) is 14.9. The van der Waals surface area contributed by atoms with Crippen molar-refractivity contribution in [3.63, 3.8) is 0 Å². The molecule has 16 heavy (non-hydrogen) atoms. The first-order chi connectivity index (χ1) is 7.83. The average Bonchev–Trinajstić information content (AvgIpc) is 2.39. The van der Waals surface area contributed by atoms with Crippen molar-refractivity contribution in [3.05, 3.63) is 53.7 Å². The molecule has 2 aromatic rings. The number of aromatic nitrogens is 1. The highest BCUT2D eigenvalue weighted by Gasteiger charge is 2.00. The van der Waals surface area contributed by atoms with E-state index < -0.39 is 0 Å². The van der Waals surface area contributed by atoms with Crippen molar-refractivity contribution in [2.75, 3.05) is 0 Å². The van der Waals surface area contributed by atoms with Gasteiger partial charge in [0.15, 0.2) is 0 Å². The van der Waals surface area contributed by atoms with E-state index in [1.165, 1.54) is 11.1 Å². The molecule has 0 bridgehead atoms. The second-order valence-electron chi connectivity index (χ2n) is 3.92. The van der Waals surface area contributed by atoms with Gasteiger partial charge in [0.1, 0.15) is 0 Å². The van der Waals surface area contributed by atoms with Crippen LogP contribution in [-0.4, -0.2) is 4.98 Å². The molecule has 0 saturated carbocycles. The zero-order valence-corrected chi connectivity index (χ0v) is 9.90. The maximum Gasteiger partial charge on any atom is 0.0705 e. The molecule has 0 radical (unpaired) electrons. The lowest BCUT2D eigenvalue weighted by atomic mass is 10.1. The predicted molar refractivity (Wildman–Crippen MR) is 68.4 cm³/mol. The lowest BCUT2D eigenvalue weighted by molar-refractivity contribution is 1.04. The van der Waals surface area contributed by atoms with Crippen molar-refractivity contribution in [2.24, 2.45) is 0 Å². The first-order valence-electron chi connectivity index (χ1n) is 5.88. The molecule has 1 heterocycles. The van der Waals surface area contributed by atoms with Gasteiger partial charge in [0, 0.05) is 11.3 Å². The molecule has 0 aliphatic heterocycles. The molecule has 0 saturated heterocycles. The van der Waals surface area contributed by atoms with E-state index in [9.17, 15) is 0 Å². The Labute approximate surface area is 97.2 Å². The van der Waals surface area contributed by atoms with Crippen LogP contribution in [0.3, 0.4) is 0 Å². The summed E-state index contributed by atoms with van der Waals surface area (Å²) in [5.74, 6) is 0. The summed E-state index contributed by atoms with van der Waals surface area (Å²) in [5, 5.41) is 0. The van der Waals surface area contributed by atoms with Gasteiger partial charge in [0.25, 0.3) is 0 Å². The Kier molecular flexibility index (Phi) is 3.35. The van der Waals surface area contributed by atoms with Crippen molar-refractivity contribution in [1.82, 2.24) is 4.98 Å². The minimum atomic E-state index is 0.987. The van der Waals surface area contributed by atoms with E-state index in [4.69, 9.17) is 0 Å². The third-order valence-corrected chi connectivity index (χ3v) is 2.80. The number of pyridine rings is 1. The maximum absolute atomic E-state index is 4.64. The number of benzene rings is 1. The van der Waals surface area contributed by atoms with Crippen LogP contribution in [0.2, 0.25) is 0 Å². The molecule has 0 fully saturated rings. The maximum atomic E-state index is 4.64. The average molecular weight is 211 g/mol. The fraction of sp³-hybridized carbons (Fsp3) is 0.267. The first kappa shape index (κ1) is 10.9. The van der Waals surface area contributed by atoms with Crippen LogP contribution >= 0.6 is 0 Å². The van der Waals surface area contributed by atoms with Crippen LogP contribution < -0.4 is 0 Å². The van der Waals surface area contributed by atoms with E-state index in [2.05, 4.69) is 61.3 Å². The quantitative estimate of drug-likeness (QED) is 0.751. The molecule has 2 rings (SSSR count). The van der Waals surface area contributed by atoms with Crippen LogP contribution in [0.15, 0.2) is 42.5 Å². The van der Waals surface area contributed by atoms with Gasteiger partial charge in [-0.15, -0.1) is 0 Å². The minimum absolute atomic E-state index is 0.987. The molecule has 82 valence electrons. The van der Waals surface area contributed by atoms with Gasteiger partial charge in [-0.1, -0.05) is 38.1 Å². The van der Waals surface area contributed by atoms with E-state index in [0.29, 0.717) is 0 Å². The van der Waals surface area contributed by atoms with Gasteiger partial charge < -0.3 is 0 Å². The van der Waals surface area contributed by atoms with Crippen LogP contribution in [0.1, 0.15) is 25.1 Å². The number of hydrogen-bond acceptors (Lipinski definition) is 1. The lowest BCUT2D eigenvalue weighted by Crippen LogP contribution is -1.90. The van der Waals surface area contributed by atoms with Crippen LogP contribution in [0.5, 0.6) is 0 Å². The largest absolute Gasteiger partial charge is 0.253 e. The Bertz CT molecular complexity index is 429. The molecule has 1 nitrogen and oxygen atoms in total. The fourth-order valence-corrected chi connectivity index (χ4v) is 1.79. The highest BCUT2D eigenvalue weighted by molar-refractivity contribution is 5.60. The molecule has 1 heteroatoms. The molecule has 1 aromatic heterocycles. The molecule has 0 aliphatic carbocycles. The van der Waals surface area contributed by atoms with Crippen LogP contribution in [0, 0.1) is 0 Å². The van der Waals surface area contributed by atoms with Gasteiger partial charge in [-0.25, -0.2) is 0 Å². The Balaban J connectivity index is 2.41. The first-order valence-corrected chi connectivity index (χ1v) is 5.88. The van der Waals surface area contributed by atoms with E-state index in [1.54, 1.807) is 0 Å². The van der Waals surface area contributed by atoms with Gasteiger partial charge in [-0.2, -0.15) is 0 Å². The zero-order chi connectivity index (χ0) is 11.4. The Morgan fingerprint density at radius 3 is 2.50 bits per heavy atom. The summed E-state index contributed by atoms with van der Waals surface area (Å²) in [6.45, 7) is 4.31. The molecule has 0 amide bonds. The number of hydrogen-bond donors (Lipinski definition) is 0. The number of aryl methyl sites for hydroxylation is 2. The second-order valence-corrected chi connectivity index (χ2v) is 3.92. The van der Waals surface area contributed by atoms with E-state index in [0.717, 1.165) is 24.2 Å². The van der Waals surface area contributed by atoms with Crippen LogP contribution in [0.25, 0.3) is 11.3 Å². The van der Waals surface area contributed by atoms with Gasteiger partial charge >= 0.3 is 0 Å². The standard InChI is InChI=1S/C15H17N/c1-3-12-7-5-8-13(11-12)15-10-6-9-14(4-2)16-15/h5-11H,3-4H2,1-2H3. The Morgan fingerprint density at radius 1 is 0.938 bits per heavy atom. The lowest BCUT2D eigenvalue weighted by Gasteiger charge is -2.04. The van der Waals surface area contributed by atoms with Crippen LogP contribution in [0.4, 0.5) is 0 Å². The number of nitrogens with zero attached hydrogens (tertiary/aromatic N) is 1. The highest BCUT2D eigenvalue weighted by atomic mass is 14.7. The van der Waals surface area contributed by atoms with E-state index in [-0.39, 0.29) is 0 Å². The highest BCUT2D eigenvalue weighted by Crippen LogP contribution is 2.19. The van der Waals surface area contributed by atoms with Crippen molar-refractivity contribution >= 4 is 0 Å². The predicted octanol–water partition coefficient (Wildman–Crippen LogP) is 3.87. The van der Waals surface area contributed by atoms with Crippen molar-refractivity contribution < 1.29 is 0 Å². The molecular weight excluding hydrogens is 194 g/mol. The number of rotatable bonds is 3. The van der Waals surface area contributed by atoms with E-state index >= 15 is 0 Å². The van der Waals surface area contributed by atoms with Gasteiger partial charge in [0.05, 0.1) is 5.69 Å². The fourth-order valence-electron chi connectivity index (χ4n) is 1.79. The summed E-state index contributed by atoms with van der Waals surface area (Å²) >= 11 is 0. The third-order valence-electron chi connectivity index (χ3n) is 2.80. The third kappa shape index (κ3) is 2.30. The molecule has 0 unspecified atom stereocenters. The molecule has 0 N–H and O–H groups in total. The molecule has 1 aromatic carbocycles. The van der Waals surface area contributed by atoms with Crippen LogP contribution in [-0.2, 0) is 12.8 Å². The summed E-state index contributed by atoms with van der Waals surface area (Å²) in [5.41, 5.74) is 4.81. The summed E-state index contributed by atoms with van der Waals surface area (Å²) in [6.07, 6.45) is 2.06. The summed E-state index contributed by atoms with van der Waals surface area (Å²) in [4.78, 5) is 4.64. The van der Waals surface area contributed by atoms with Crippen molar-refractivity contribution in [1.29, 1.82) is 0 Å². The van der Waals surface area contributed by atoms with Gasteiger partial charge in [-0.05, 0) is 36.6 Å².